The second kappa shape index (κ2) is 5.28. The van der Waals surface area contributed by atoms with Gasteiger partial charge in [-0.2, -0.15) is 0 Å². The van der Waals surface area contributed by atoms with Gasteiger partial charge in [-0.05, 0) is 0 Å². The molecule has 0 N–H and O–H groups in total. The fraction of sp³-hybridized carbons (Fsp3) is 0.333. The predicted octanol–water partition coefficient (Wildman–Crippen LogP) is 4.07. The first-order valence-electron chi connectivity index (χ1n) is 4.77. The van der Waals surface area contributed by atoms with Gasteiger partial charge in [0.1, 0.15) is 0 Å². The van der Waals surface area contributed by atoms with E-state index >= 15 is 0 Å². The normalized spacial score (nSPS) is 19.3. The number of hydrogen-bond donors (Lipinski definition) is 0. The van der Waals surface area contributed by atoms with E-state index in [9.17, 15) is 0 Å². The molecule has 0 aromatic rings. The van der Waals surface area contributed by atoms with Gasteiger partial charge in [0.25, 0.3) is 0 Å². The maximum absolute atomic E-state index is 2.31. The van der Waals surface area contributed by atoms with Crippen molar-refractivity contribution in [1.82, 2.24) is 0 Å². The molecule has 0 aromatic carbocycles. The molecule has 0 radical (unpaired) electrons. The van der Waals surface area contributed by atoms with Gasteiger partial charge >= 0.3 is 91.9 Å². The molecule has 2 rings (SSSR count). The number of hydrogen-bond acceptors (Lipinski definition) is 0. The Morgan fingerprint density at radius 3 is 1.71 bits per heavy atom. The van der Waals surface area contributed by atoms with Crippen LogP contribution in [-0.4, -0.2) is 0 Å². The van der Waals surface area contributed by atoms with Crippen LogP contribution in [0.25, 0.3) is 0 Å². The molecule has 0 amide bonds. The number of rotatable bonds is 2. The van der Waals surface area contributed by atoms with Crippen molar-refractivity contribution in [2.45, 2.75) is 26.7 Å². The molecule has 0 unspecified atom stereocenters. The minimum Gasteiger partial charge on any atom is -1.00 e. The zero-order valence-electron chi connectivity index (χ0n) is 9.63. The van der Waals surface area contributed by atoms with Crippen molar-refractivity contribution in [2.24, 2.45) is 0 Å². The van der Waals surface area contributed by atoms with Gasteiger partial charge in [-0.15, -0.1) is 12.4 Å². The van der Waals surface area contributed by atoms with Crippen molar-refractivity contribution in [3.8, 4) is 0 Å². The van der Waals surface area contributed by atoms with E-state index in [4.69, 9.17) is 0 Å². The summed E-state index contributed by atoms with van der Waals surface area (Å²) in [6, 6.07) is 0. The van der Waals surface area contributed by atoms with Crippen LogP contribution in [0.3, 0.4) is 0 Å². The molecule has 0 fully saturated rings. The van der Waals surface area contributed by atoms with Crippen LogP contribution in [0.15, 0.2) is 42.0 Å². The van der Waals surface area contributed by atoms with E-state index in [-0.39, 0.29) is 37.1 Å². The van der Waals surface area contributed by atoms with Crippen LogP contribution in [0.1, 0.15) is 28.1 Å². The molecule has 2 aliphatic rings. The number of halogens is 1. The summed E-state index contributed by atoms with van der Waals surface area (Å²) in [5.41, 5.74) is 3.11. The summed E-state index contributed by atoms with van der Waals surface area (Å²) in [6.45, 7) is 4.52. The van der Waals surface area contributed by atoms with Crippen molar-refractivity contribution >= 4 is 12.4 Å². The predicted molar refractivity (Wildman–Crippen MR) is 61.3 cm³/mol. The second-order valence-corrected chi connectivity index (χ2v) is 7.24. The van der Waals surface area contributed by atoms with Gasteiger partial charge in [0.05, 0.1) is 0 Å². The molecule has 0 aliphatic heterocycles. The Labute approximate surface area is 105 Å². The first kappa shape index (κ1) is 12.2. The second-order valence-electron chi connectivity index (χ2n) is 3.66. The summed E-state index contributed by atoms with van der Waals surface area (Å²) in [6.07, 6.45) is 11.7. The molecular formula is C12H16ClZr-. The van der Waals surface area contributed by atoms with Crippen LogP contribution >= 0.6 is 12.4 Å². The topological polar surface area (TPSA) is 0 Å². The molecule has 0 saturated heterocycles. The molecule has 2 aliphatic carbocycles. The summed E-state index contributed by atoms with van der Waals surface area (Å²) >= 11 is -0.385. The van der Waals surface area contributed by atoms with E-state index in [1.54, 1.807) is 17.7 Å². The van der Waals surface area contributed by atoms with Crippen LogP contribution in [0, 0.1) is 0 Å². The molecule has 0 aromatic heterocycles. The maximum atomic E-state index is 2.31. The molecule has 76 valence electrons. The van der Waals surface area contributed by atoms with E-state index in [2.05, 4.69) is 38.2 Å². The van der Waals surface area contributed by atoms with Crippen LogP contribution in [-0.2, 0) is 23.2 Å². The maximum Gasteiger partial charge on any atom is -0.147 e. The van der Waals surface area contributed by atoms with Crippen LogP contribution in [0.4, 0.5) is 0 Å². The Balaban J connectivity index is 0.000000980. The minimum atomic E-state index is -0.385. The Morgan fingerprint density at radius 2 is 1.43 bits per heavy atom. The number of allylic oxidation sites excluding steroid dienone is 8. The summed E-state index contributed by atoms with van der Waals surface area (Å²) in [4.78, 5) is 0. The van der Waals surface area contributed by atoms with Crippen molar-refractivity contribution in [3.05, 3.63) is 42.0 Å². The molecule has 0 bridgehead atoms. The molecule has 0 spiro atoms. The van der Waals surface area contributed by atoms with Crippen molar-refractivity contribution in [1.29, 1.82) is 0 Å². The van der Waals surface area contributed by atoms with Crippen molar-refractivity contribution < 1.29 is 24.7 Å². The third kappa shape index (κ3) is 2.58. The zero-order chi connectivity index (χ0) is 9.26. The summed E-state index contributed by atoms with van der Waals surface area (Å²) in [7, 11) is 0. The van der Waals surface area contributed by atoms with Gasteiger partial charge in [-0.3, -0.25) is 0 Å². The largest absolute Gasteiger partial charge is 1.00 e. The van der Waals surface area contributed by atoms with Crippen molar-refractivity contribution in [2.75, 3.05) is 0 Å². The standard InChI is InChI=1S/2C6H7.ClH.Zr.H/c2*1-6-4-2-3-5-6;;;/h2*2,4H,3H2,1H3;1H;;/q;;;;-1. The summed E-state index contributed by atoms with van der Waals surface area (Å²) < 4.78 is 3.56. The quantitative estimate of drug-likeness (QED) is 0.718. The monoisotopic (exact) mass is 285 g/mol. The third-order valence-corrected chi connectivity index (χ3v) is 7.06. The molecule has 0 atom stereocenters. The van der Waals surface area contributed by atoms with Crippen molar-refractivity contribution in [3.63, 3.8) is 0 Å². The van der Waals surface area contributed by atoms with Gasteiger partial charge in [-0.1, -0.05) is 0 Å². The molecule has 0 nitrogen and oxygen atoms in total. The Kier molecular flexibility index (Phi) is 4.60. The smallest absolute Gasteiger partial charge is 0.147 e. The van der Waals surface area contributed by atoms with E-state index in [0.29, 0.717) is 0 Å². The average molecular weight is 287 g/mol. The minimum absolute atomic E-state index is 0. The van der Waals surface area contributed by atoms with Gasteiger partial charge < -0.3 is 1.43 Å². The molecule has 2 heteroatoms. The molecule has 14 heavy (non-hydrogen) atoms. The van der Waals surface area contributed by atoms with Crippen LogP contribution in [0.2, 0.25) is 0 Å². The summed E-state index contributed by atoms with van der Waals surface area (Å²) in [5, 5.41) is 0. The van der Waals surface area contributed by atoms with Gasteiger partial charge in [0.2, 0.25) is 0 Å². The van der Waals surface area contributed by atoms with Gasteiger partial charge in [0.15, 0.2) is 0 Å². The Hall–Kier alpha value is 0.133. The molecule has 0 heterocycles. The summed E-state index contributed by atoms with van der Waals surface area (Å²) in [5.74, 6) is 0. The Bertz CT molecular complexity index is 317. The van der Waals surface area contributed by atoms with E-state index in [0.717, 1.165) is 0 Å². The zero-order valence-corrected chi connectivity index (χ0v) is 11.9. The van der Waals surface area contributed by atoms with E-state index < -0.39 is 0 Å². The van der Waals surface area contributed by atoms with Crippen LogP contribution in [0.5, 0.6) is 0 Å². The molecular weight excluding hydrogens is 271 g/mol. The molecule has 0 saturated carbocycles. The van der Waals surface area contributed by atoms with Gasteiger partial charge in [0, 0.05) is 0 Å². The van der Waals surface area contributed by atoms with E-state index in [1.165, 1.54) is 12.8 Å². The third-order valence-electron chi connectivity index (χ3n) is 2.63. The van der Waals surface area contributed by atoms with E-state index in [1.807, 2.05) is 0 Å². The Morgan fingerprint density at radius 1 is 1.00 bits per heavy atom. The first-order chi connectivity index (χ1) is 6.27. The van der Waals surface area contributed by atoms with Crippen LogP contribution < -0.4 is 0 Å². The van der Waals surface area contributed by atoms with Gasteiger partial charge in [-0.25, -0.2) is 0 Å². The fourth-order valence-electron chi connectivity index (χ4n) is 1.71. The average Bonchev–Trinajstić information content (AvgIpc) is 2.65. The SMILES string of the molecule is CC1=[C]([Zr][C]2=C(C)C=CC2)CC=C1.Cl.[H-]. The first-order valence-corrected chi connectivity index (χ1v) is 7.23. The fourth-order valence-corrected chi connectivity index (χ4v) is 5.07.